The lowest BCUT2D eigenvalue weighted by atomic mass is 9.96. The Morgan fingerprint density at radius 2 is 1.59 bits per heavy atom. The molecule has 0 aromatic rings. The monoisotopic (exact) mass is 236 g/mol. The number of hydrogen-bond acceptors (Lipinski definition) is 2. The third-order valence-electron chi connectivity index (χ3n) is 5.33. The molecule has 0 aromatic heterocycles. The Morgan fingerprint density at radius 1 is 0.882 bits per heavy atom. The molecule has 2 bridgehead atoms. The Bertz CT molecular complexity index is 273. The van der Waals surface area contributed by atoms with Crippen molar-refractivity contribution in [2.24, 2.45) is 5.92 Å². The summed E-state index contributed by atoms with van der Waals surface area (Å²) in [5.41, 5.74) is 0.370. The van der Waals surface area contributed by atoms with Crippen LogP contribution in [0.4, 0.5) is 0 Å². The first-order valence-corrected chi connectivity index (χ1v) is 7.55. The summed E-state index contributed by atoms with van der Waals surface area (Å²) in [6.07, 6.45) is 7.33. The maximum Gasteiger partial charge on any atom is 0.0125 e. The van der Waals surface area contributed by atoms with Gasteiger partial charge in [0.05, 0.1) is 0 Å². The molecule has 1 saturated carbocycles. The van der Waals surface area contributed by atoms with Gasteiger partial charge in [-0.3, -0.25) is 9.80 Å². The van der Waals surface area contributed by atoms with Crippen LogP contribution in [0.2, 0.25) is 0 Å². The van der Waals surface area contributed by atoms with E-state index in [1.54, 1.807) is 0 Å². The number of likely N-dealkylation sites (tertiary alicyclic amines) is 2. The molecule has 17 heavy (non-hydrogen) atoms. The maximum absolute atomic E-state index is 2.87. The van der Waals surface area contributed by atoms with Crippen LogP contribution in [0.5, 0.6) is 0 Å². The number of rotatable bonds is 1. The van der Waals surface area contributed by atoms with Crippen LogP contribution in [-0.2, 0) is 0 Å². The molecular weight excluding hydrogens is 208 g/mol. The van der Waals surface area contributed by atoms with E-state index in [-0.39, 0.29) is 0 Å². The molecule has 2 atom stereocenters. The molecule has 0 amide bonds. The van der Waals surface area contributed by atoms with E-state index < -0.39 is 0 Å². The lowest BCUT2D eigenvalue weighted by Gasteiger charge is -2.45. The Balaban J connectivity index is 1.55. The molecule has 0 spiro atoms. The SMILES string of the molecule is CC(C)(C)N1CCC(N2CC3CCC2C3)CC1. The highest BCUT2D eigenvalue weighted by atomic mass is 15.3. The quantitative estimate of drug-likeness (QED) is 0.691. The highest BCUT2D eigenvalue weighted by Crippen LogP contribution is 2.40. The van der Waals surface area contributed by atoms with Gasteiger partial charge in [0.25, 0.3) is 0 Å². The first kappa shape index (κ1) is 12.0. The highest BCUT2D eigenvalue weighted by molar-refractivity contribution is 4.97. The van der Waals surface area contributed by atoms with Gasteiger partial charge >= 0.3 is 0 Å². The van der Waals surface area contributed by atoms with E-state index in [0.717, 1.165) is 18.0 Å². The van der Waals surface area contributed by atoms with Crippen molar-refractivity contribution < 1.29 is 0 Å². The predicted molar refractivity (Wildman–Crippen MR) is 72.2 cm³/mol. The molecule has 98 valence electrons. The summed E-state index contributed by atoms with van der Waals surface area (Å²) in [6.45, 7) is 11.1. The van der Waals surface area contributed by atoms with Crippen LogP contribution in [0.15, 0.2) is 0 Å². The molecule has 2 heteroatoms. The number of fused-ring (bicyclic) bond motifs is 2. The first-order valence-electron chi connectivity index (χ1n) is 7.55. The fourth-order valence-corrected chi connectivity index (χ4v) is 4.28. The maximum atomic E-state index is 2.87. The molecular formula is C15H28N2. The molecule has 3 fully saturated rings. The van der Waals surface area contributed by atoms with E-state index in [1.165, 1.54) is 51.7 Å². The Labute approximate surface area is 106 Å². The fraction of sp³-hybridized carbons (Fsp3) is 1.00. The van der Waals surface area contributed by atoms with Crippen molar-refractivity contribution in [3.8, 4) is 0 Å². The number of nitrogens with zero attached hydrogens (tertiary/aromatic N) is 2. The van der Waals surface area contributed by atoms with E-state index in [4.69, 9.17) is 0 Å². The zero-order valence-electron chi connectivity index (χ0n) is 11.8. The van der Waals surface area contributed by atoms with Gasteiger partial charge in [-0.1, -0.05) is 0 Å². The average molecular weight is 236 g/mol. The predicted octanol–water partition coefficient (Wildman–Crippen LogP) is 2.73. The van der Waals surface area contributed by atoms with Crippen molar-refractivity contribution in [1.29, 1.82) is 0 Å². The number of hydrogen-bond donors (Lipinski definition) is 0. The molecule has 0 aromatic carbocycles. The lowest BCUT2D eigenvalue weighted by Crippen LogP contribution is -2.52. The van der Waals surface area contributed by atoms with Crippen molar-refractivity contribution in [1.82, 2.24) is 9.80 Å². The van der Waals surface area contributed by atoms with Gasteiger partial charge in [0, 0.05) is 37.3 Å². The van der Waals surface area contributed by atoms with Crippen LogP contribution in [0.3, 0.4) is 0 Å². The second kappa shape index (κ2) is 4.24. The van der Waals surface area contributed by atoms with Crippen LogP contribution in [-0.4, -0.2) is 47.1 Å². The average Bonchev–Trinajstić information content (AvgIpc) is 2.89. The minimum absolute atomic E-state index is 0.370. The Kier molecular flexibility index (Phi) is 2.99. The van der Waals surface area contributed by atoms with Crippen LogP contribution >= 0.6 is 0 Å². The zero-order valence-corrected chi connectivity index (χ0v) is 11.8. The molecule has 2 aliphatic heterocycles. The van der Waals surface area contributed by atoms with E-state index >= 15 is 0 Å². The smallest absolute Gasteiger partial charge is 0.0125 e. The van der Waals surface area contributed by atoms with Crippen LogP contribution in [0.25, 0.3) is 0 Å². The van der Waals surface area contributed by atoms with E-state index in [0.29, 0.717) is 5.54 Å². The first-order chi connectivity index (χ1) is 8.04. The molecule has 2 saturated heterocycles. The molecule has 2 nitrogen and oxygen atoms in total. The third-order valence-corrected chi connectivity index (χ3v) is 5.33. The van der Waals surface area contributed by atoms with Crippen molar-refractivity contribution in [2.75, 3.05) is 19.6 Å². The minimum Gasteiger partial charge on any atom is -0.298 e. The third kappa shape index (κ3) is 2.26. The van der Waals surface area contributed by atoms with Gasteiger partial charge in [0.1, 0.15) is 0 Å². The Hall–Kier alpha value is -0.0800. The molecule has 2 unspecified atom stereocenters. The van der Waals surface area contributed by atoms with Crippen molar-refractivity contribution in [2.45, 2.75) is 70.5 Å². The summed E-state index contributed by atoms with van der Waals surface area (Å²) in [7, 11) is 0. The van der Waals surface area contributed by atoms with Gasteiger partial charge in [-0.05, 0) is 58.8 Å². The van der Waals surface area contributed by atoms with Crippen molar-refractivity contribution in [3.05, 3.63) is 0 Å². The standard InChI is InChI=1S/C15H28N2/c1-15(2,3)16-8-6-13(7-9-16)17-11-12-4-5-14(17)10-12/h12-14H,4-11H2,1-3H3. The molecule has 0 N–H and O–H groups in total. The number of piperidine rings is 2. The van der Waals surface area contributed by atoms with Crippen molar-refractivity contribution >= 4 is 0 Å². The normalized spacial score (nSPS) is 36.9. The zero-order chi connectivity index (χ0) is 12.0. The summed E-state index contributed by atoms with van der Waals surface area (Å²) in [5, 5.41) is 0. The fourth-order valence-electron chi connectivity index (χ4n) is 4.28. The van der Waals surface area contributed by atoms with Gasteiger partial charge in [0.2, 0.25) is 0 Å². The summed E-state index contributed by atoms with van der Waals surface area (Å²) in [6, 6.07) is 1.87. The van der Waals surface area contributed by atoms with Gasteiger partial charge in [-0.25, -0.2) is 0 Å². The Morgan fingerprint density at radius 3 is 2.06 bits per heavy atom. The van der Waals surface area contributed by atoms with Crippen molar-refractivity contribution in [3.63, 3.8) is 0 Å². The minimum atomic E-state index is 0.370. The van der Waals surface area contributed by atoms with Gasteiger partial charge < -0.3 is 0 Å². The summed E-state index contributed by atoms with van der Waals surface area (Å²) in [5.74, 6) is 1.06. The van der Waals surface area contributed by atoms with E-state index in [9.17, 15) is 0 Å². The second-order valence-electron chi connectivity index (χ2n) is 7.42. The summed E-state index contributed by atoms with van der Waals surface area (Å²) < 4.78 is 0. The van der Waals surface area contributed by atoms with E-state index in [1.807, 2.05) is 0 Å². The molecule has 2 heterocycles. The lowest BCUT2D eigenvalue weighted by molar-refractivity contribution is 0.0439. The summed E-state index contributed by atoms with van der Waals surface area (Å²) >= 11 is 0. The van der Waals surface area contributed by atoms with Gasteiger partial charge in [-0.15, -0.1) is 0 Å². The largest absolute Gasteiger partial charge is 0.298 e. The summed E-state index contributed by atoms with van der Waals surface area (Å²) in [4.78, 5) is 5.53. The second-order valence-corrected chi connectivity index (χ2v) is 7.42. The molecule has 3 rings (SSSR count). The van der Waals surface area contributed by atoms with Gasteiger partial charge in [0.15, 0.2) is 0 Å². The van der Waals surface area contributed by atoms with E-state index in [2.05, 4.69) is 30.6 Å². The van der Waals surface area contributed by atoms with Crippen LogP contribution in [0, 0.1) is 5.92 Å². The van der Waals surface area contributed by atoms with Crippen LogP contribution in [0.1, 0.15) is 52.9 Å². The topological polar surface area (TPSA) is 6.48 Å². The molecule has 3 aliphatic rings. The molecule has 1 aliphatic carbocycles. The molecule has 0 radical (unpaired) electrons. The van der Waals surface area contributed by atoms with Crippen LogP contribution < -0.4 is 0 Å². The van der Waals surface area contributed by atoms with Gasteiger partial charge in [-0.2, -0.15) is 0 Å². The highest BCUT2D eigenvalue weighted by Gasteiger charge is 2.42.